The molecule has 1 aromatic carbocycles. The molecule has 4 aromatic heterocycles. The molecule has 1 amide bonds. The van der Waals surface area contributed by atoms with Gasteiger partial charge in [0.05, 0.1) is 18.4 Å². The molecular weight excluding hydrogens is 487 g/mol. The fraction of sp³-hybridized carbons (Fsp3) is 0.0800. The number of nitrogens with one attached hydrogen (secondary N) is 2. The van der Waals surface area contributed by atoms with E-state index >= 15 is 0 Å². The topological polar surface area (TPSA) is 111 Å². The molecule has 5 rings (SSSR count). The number of carbonyl (C=O) groups excluding carboxylic acids is 1. The summed E-state index contributed by atoms with van der Waals surface area (Å²) in [6.07, 6.45) is 2.04. The van der Waals surface area contributed by atoms with Crippen LogP contribution in [-0.4, -0.2) is 35.6 Å². The second-order valence-electron chi connectivity index (χ2n) is 7.84. The summed E-state index contributed by atoms with van der Waals surface area (Å²) in [4.78, 5) is 27.2. The van der Waals surface area contributed by atoms with E-state index in [-0.39, 0.29) is 40.6 Å². The molecule has 0 spiro atoms. The predicted octanol–water partition coefficient (Wildman–Crippen LogP) is 5.20. The van der Waals surface area contributed by atoms with E-state index in [2.05, 4.69) is 36.9 Å². The number of amides is 1. The Labute approximate surface area is 207 Å². The minimum absolute atomic E-state index is 0.0509. The largest absolute Gasteiger partial charge is 0.437 e. The first-order chi connectivity index (χ1) is 17.8. The predicted molar refractivity (Wildman–Crippen MR) is 129 cm³/mol. The van der Waals surface area contributed by atoms with Gasteiger partial charge >= 0.3 is 6.18 Å². The maximum Gasteiger partial charge on any atom is 0.435 e. The number of ether oxygens (including phenoxy) is 1. The highest BCUT2D eigenvalue weighted by atomic mass is 19.4. The van der Waals surface area contributed by atoms with Crippen molar-refractivity contribution >= 4 is 22.8 Å². The lowest BCUT2D eigenvalue weighted by Crippen LogP contribution is -2.09. The molecule has 37 heavy (non-hydrogen) atoms. The maximum atomic E-state index is 13.9. The van der Waals surface area contributed by atoms with Crippen LogP contribution < -0.4 is 10.1 Å². The van der Waals surface area contributed by atoms with Crippen LogP contribution in [-0.2, 0) is 17.5 Å². The van der Waals surface area contributed by atoms with Crippen molar-refractivity contribution in [1.82, 2.24) is 29.7 Å². The van der Waals surface area contributed by atoms with Crippen LogP contribution in [0.25, 0.3) is 22.3 Å². The van der Waals surface area contributed by atoms with Gasteiger partial charge in [-0.3, -0.25) is 14.5 Å². The van der Waals surface area contributed by atoms with Gasteiger partial charge in [-0.05, 0) is 30.3 Å². The number of pyridine rings is 1. The standard InChI is InChI=1S/C25H18F3N7O2/c1-2-20(36)32-15-7-5-8-17(10-15)37-21-12-31-24-22(33-21)18(11-30-24)19-14-35(34-23(19)25(26,27)28)13-16-6-3-4-9-29-16/h2-12,14H,1,13H2,(H,30,31)(H,32,36). The van der Waals surface area contributed by atoms with Crippen molar-refractivity contribution in [1.29, 1.82) is 0 Å². The minimum Gasteiger partial charge on any atom is -0.437 e. The first-order valence-electron chi connectivity index (χ1n) is 10.9. The van der Waals surface area contributed by atoms with Crippen LogP contribution in [0.4, 0.5) is 18.9 Å². The Bertz CT molecular complexity index is 1590. The van der Waals surface area contributed by atoms with E-state index < -0.39 is 11.9 Å². The fourth-order valence-electron chi connectivity index (χ4n) is 3.65. The number of aromatic amines is 1. The molecule has 0 aliphatic rings. The van der Waals surface area contributed by atoms with Gasteiger partial charge in [-0.1, -0.05) is 18.7 Å². The summed E-state index contributed by atoms with van der Waals surface area (Å²) in [5.74, 6) is 0.00105. The summed E-state index contributed by atoms with van der Waals surface area (Å²) in [5, 5.41) is 6.40. The number of carbonyl (C=O) groups is 1. The lowest BCUT2D eigenvalue weighted by molar-refractivity contribution is -0.141. The molecule has 0 saturated heterocycles. The van der Waals surface area contributed by atoms with Gasteiger partial charge in [0.1, 0.15) is 11.3 Å². The number of fused-ring (bicyclic) bond motifs is 1. The summed E-state index contributed by atoms with van der Waals surface area (Å²) < 4.78 is 48.7. The highest BCUT2D eigenvalue weighted by Gasteiger charge is 2.38. The van der Waals surface area contributed by atoms with Gasteiger partial charge in [-0.15, -0.1) is 0 Å². The Hall–Kier alpha value is -5.00. The molecule has 2 N–H and O–H groups in total. The van der Waals surface area contributed by atoms with E-state index in [0.29, 0.717) is 17.1 Å². The average Bonchev–Trinajstić information content (AvgIpc) is 3.48. The van der Waals surface area contributed by atoms with Crippen molar-refractivity contribution in [3.05, 3.63) is 91.3 Å². The van der Waals surface area contributed by atoms with Gasteiger partial charge in [-0.2, -0.15) is 18.3 Å². The Morgan fingerprint density at radius 3 is 2.78 bits per heavy atom. The van der Waals surface area contributed by atoms with Crippen LogP contribution >= 0.6 is 0 Å². The zero-order valence-electron chi connectivity index (χ0n) is 19.0. The maximum absolute atomic E-state index is 13.9. The van der Waals surface area contributed by atoms with Crippen LogP contribution in [0.5, 0.6) is 11.6 Å². The van der Waals surface area contributed by atoms with Crippen molar-refractivity contribution in [3.63, 3.8) is 0 Å². The van der Waals surface area contributed by atoms with Gasteiger partial charge in [0.25, 0.3) is 0 Å². The summed E-state index contributed by atoms with van der Waals surface area (Å²) >= 11 is 0. The van der Waals surface area contributed by atoms with Crippen LogP contribution in [0.15, 0.2) is 79.9 Å². The third-order valence-corrected chi connectivity index (χ3v) is 5.24. The molecule has 0 unspecified atom stereocenters. The molecule has 12 heteroatoms. The molecular formula is C25H18F3N7O2. The van der Waals surface area contributed by atoms with Gasteiger partial charge < -0.3 is 15.0 Å². The summed E-state index contributed by atoms with van der Waals surface area (Å²) in [5.41, 5.74) is 0.439. The van der Waals surface area contributed by atoms with Gasteiger partial charge in [0.2, 0.25) is 11.8 Å². The minimum atomic E-state index is -4.70. The summed E-state index contributed by atoms with van der Waals surface area (Å²) in [6.45, 7) is 3.46. The number of hydrogen-bond acceptors (Lipinski definition) is 6. The van der Waals surface area contributed by atoms with E-state index in [0.717, 1.165) is 6.08 Å². The SMILES string of the molecule is C=CC(=O)Nc1cccc(Oc2cnc3[nH]cc(-c4cn(Cc5ccccn5)nc4C(F)(F)F)c3n2)c1. The zero-order valence-corrected chi connectivity index (χ0v) is 19.0. The fourth-order valence-corrected chi connectivity index (χ4v) is 3.65. The Morgan fingerprint density at radius 1 is 1.16 bits per heavy atom. The van der Waals surface area contributed by atoms with Crippen LogP contribution in [0.2, 0.25) is 0 Å². The van der Waals surface area contributed by atoms with Crippen LogP contribution in [0.1, 0.15) is 11.4 Å². The number of aromatic nitrogens is 6. The number of benzene rings is 1. The van der Waals surface area contributed by atoms with Gasteiger partial charge in [0.15, 0.2) is 11.3 Å². The molecule has 0 bridgehead atoms. The second-order valence-corrected chi connectivity index (χ2v) is 7.84. The number of hydrogen-bond donors (Lipinski definition) is 2. The number of rotatable bonds is 7. The summed E-state index contributed by atoms with van der Waals surface area (Å²) in [7, 11) is 0. The number of alkyl halides is 3. The molecule has 0 saturated carbocycles. The van der Waals surface area contributed by atoms with Crippen LogP contribution in [0.3, 0.4) is 0 Å². The van der Waals surface area contributed by atoms with Crippen molar-refractivity contribution in [2.75, 3.05) is 5.32 Å². The third-order valence-electron chi connectivity index (χ3n) is 5.24. The molecule has 5 aromatic rings. The molecule has 186 valence electrons. The quantitative estimate of drug-likeness (QED) is 0.294. The zero-order chi connectivity index (χ0) is 26.0. The molecule has 0 radical (unpaired) electrons. The Balaban J connectivity index is 1.50. The van der Waals surface area contributed by atoms with Gasteiger partial charge in [0, 0.05) is 41.5 Å². The highest BCUT2D eigenvalue weighted by Crippen LogP contribution is 2.38. The van der Waals surface area contributed by atoms with Crippen molar-refractivity contribution in [3.8, 4) is 22.8 Å². The van der Waals surface area contributed by atoms with E-state index in [1.807, 2.05) is 0 Å². The highest BCUT2D eigenvalue weighted by molar-refractivity contribution is 5.99. The van der Waals surface area contributed by atoms with Gasteiger partial charge in [-0.25, -0.2) is 9.97 Å². The van der Waals surface area contributed by atoms with Crippen molar-refractivity contribution in [2.24, 2.45) is 0 Å². The molecule has 0 aliphatic carbocycles. The van der Waals surface area contributed by atoms with Crippen LogP contribution in [0, 0.1) is 0 Å². The number of anilines is 1. The Kier molecular flexibility index (Phi) is 6.14. The van der Waals surface area contributed by atoms with E-state index in [4.69, 9.17) is 4.74 Å². The van der Waals surface area contributed by atoms with Crippen molar-refractivity contribution < 1.29 is 22.7 Å². The van der Waals surface area contributed by atoms with E-state index in [1.165, 1.54) is 23.3 Å². The lowest BCUT2D eigenvalue weighted by Gasteiger charge is -2.08. The molecule has 0 atom stereocenters. The smallest absolute Gasteiger partial charge is 0.435 e. The first kappa shape index (κ1) is 23.7. The Morgan fingerprint density at radius 2 is 2.03 bits per heavy atom. The monoisotopic (exact) mass is 505 g/mol. The summed E-state index contributed by atoms with van der Waals surface area (Å²) in [6, 6.07) is 11.7. The molecule has 0 aliphatic heterocycles. The van der Waals surface area contributed by atoms with E-state index in [1.54, 1.807) is 48.7 Å². The third kappa shape index (κ3) is 5.17. The molecule has 9 nitrogen and oxygen atoms in total. The van der Waals surface area contributed by atoms with E-state index in [9.17, 15) is 18.0 Å². The number of nitrogens with zero attached hydrogens (tertiary/aromatic N) is 5. The normalized spacial score (nSPS) is 11.4. The van der Waals surface area contributed by atoms with Crippen molar-refractivity contribution in [2.45, 2.75) is 12.7 Å². The lowest BCUT2D eigenvalue weighted by atomic mass is 10.1. The second kappa shape index (κ2) is 9.57. The number of halogens is 3. The molecule has 0 fully saturated rings. The first-order valence-corrected chi connectivity index (χ1v) is 10.9. The molecule has 4 heterocycles. The average molecular weight is 505 g/mol. The number of H-pyrrole nitrogens is 1.